The minimum absolute atomic E-state index is 0.598. The third-order valence-electron chi connectivity index (χ3n) is 4.41. The molecule has 0 saturated heterocycles. The lowest BCUT2D eigenvalue weighted by atomic mass is 10.1. The number of anilines is 1. The number of carboxylic acids is 2. The Labute approximate surface area is 196 Å². The van der Waals surface area contributed by atoms with Crippen molar-refractivity contribution in [2.24, 2.45) is 0 Å². The summed E-state index contributed by atoms with van der Waals surface area (Å²) in [4.78, 5) is 22.8. The number of aliphatic carboxylic acids is 2. The molecule has 3 rings (SSSR count). The molecule has 9 nitrogen and oxygen atoms in total. The molecule has 2 aromatic carbocycles. The molecular weight excluding hydrogens is 450 g/mol. The highest BCUT2D eigenvalue weighted by molar-refractivity contribution is 6.31. The van der Waals surface area contributed by atoms with Crippen molar-refractivity contribution in [2.75, 3.05) is 25.6 Å². The van der Waals surface area contributed by atoms with Crippen molar-refractivity contribution in [1.82, 2.24) is 9.55 Å². The fourth-order valence-corrected chi connectivity index (χ4v) is 3.06. The van der Waals surface area contributed by atoms with E-state index in [1.54, 1.807) is 7.11 Å². The van der Waals surface area contributed by atoms with Crippen molar-refractivity contribution in [3.63, 3.8) is 0 Å². The Bertz CT molecular complexity index is 1040. The second-order valence-electron chi connectivity index (χ2n) is 6.62. The van der Waals surface area contributed by atoms with Crippen molar-refractivity contribution < 1.29 is 29.3 Å². The monoisotopic (exact) mass is 475 g/mol. The fraction of sp³-hybridized carbons (Fsp3) is 0.261. The summed E-state index contributed by atoms with van der Waals surface area (Å²) in [6.07, 6.45) is 1.88. The molecule has 3 N–H and O–H groups in total. The van der Waals surface area contributed by atoms with Crippen molar-refractivity contribution in [3.05, 3.63) is 65.3 Å². The molecule has 0 aliphatic rings. The number of nitrogens with one attached hydrogen (secondary N) is 1. The van der Waals surface area contributed by atoms with Crippen molar-refractivity contribution >= 4 is 29.5 Å². The van der Waals surface area contributed by atoms with E-state index in [9.17, 15) is 0 Å². The van der Waals surface area contributed by atoms with Crippen LogP contribution >= 0.6 is 11.6 Å². The van der Waals surface area contributed by atoms with Gasteiger partial charge in [-0.05, 0) is 42.8 Å². The van der Waals surface area contributed by atoms with Crippen LogP contribution in [0.5, 0.6) is 5.75 Å². The number of carbonyl (C=O) groups is 2. The van der Waals surface area contributed by atoms with E-state index in [0.29, 0.717) is 26.3 Å². The van der Waals surface area contributed by atoms with E-state index in [-0.39, 0.29) is 0 Å². The molecule has 176 valence electrons. The summed E-state index contributed by atoms with van der Waals surface area (Å²) in [5.41, 5.74) is 3.13. The van der Waals surface area contributed by atoms with E-state index in [1.807, 2.05) is 61.7 Å². The quantitative estimate of drug-likeness (QED) is 0.396. The number of aromatic nitrogens is 2. The molecule has 0 bridgehead atoms. The highest BCUT2D eigenvalue weighted by Gasteiger charge is 2.12. The lowest BCUT2D eigenvalue weighted by Crippen LogP contribution is -2.11. The van der Waals surface area contributed by atoms with Crippen molar-refractivity contribution in [1.29, 1.82) is 0 Å². The van der Waals surface area contributed by atoms with E-state index < -0.39 is 11.9 Å². The zero-order valence-electron chi connectivity index (χ0n) is 18.3. The smallest absolute Gasteiger partial charge is 0.414 e. The number of hydrogen-bond acceptors (Lipinski definition) is 6. The van der Waals surface area contributed by atoms with Crippen LogP contribution < -0.4 is 10.1 Å². The maximum absolute atomic E-state index is 9.10. The van der Waals surface area contributed by atoms with Crippen LogP contribution in [-0.4, -0.2) is 52.0 Å². The molecule has 10 heteroatoms. The first-order valence-electron chi connectivity index (χ1n) is 10.1. The third kappa shape index (κ3) is 7.81. The standard InChI is InChI=1S/C21H24ClN3O2.C2H2O4/c1-3-27-18-10-8-16(9-11-18)20-15-24-21(25(20)12-13-26-2)23-14-17-6-4-5-7-19(17)22;3-1(4)2(5)6/h4-11,15H,3,12-14H2,1-2H3,(H,23,24);(H,3,4)(H,5,6). The fourth-order valence-electron chi connectivity index (χ4n) is 2.86. The molecule has 0 aliphatic carbocycles. The molecule has 0 fully saturated rings. The maximum Gasteiger partial charge on any atom is 0.414 e. The Balaban J connectivity index is 0.000000569. The lowest BCUT2D eigenvalue weighted by Gasteiger charge is -2.14. The Morgan fingerprint density at radius 1 is 1.09 bits per heavy atom. The predicted molar refractivity (Wildman–Crippen MR) is 125 cm³/mol. The van der Waals surface area contributed by atoms with Gasteiger partial charge in [-0.1, -0.05) is 29.8 Å². The van der Waals surface area contributed by atoms with E-state index in [1.165, 1.54) is 0 Å². The maximum atomic E-state index is 9.10. The molecule has 33 heavy (non-hydrogen) atoms. The zero-order chi connectivity index (χ0) is 24.2. The number of benzene rings is 2. The summed E-state index contributed by atoms with van der Waals surface area (Å²) in [6.45, 7) is 4.53. The van der Waals surface area contributed by atoms with Gasteiger partial charge in [-0.15, -0.1) is 0 Å². The van der Waals surface area contributed by atoms with E-state index >= 15 is 0 Å². The first-order valence-corrected chi connectivity index (χ1v) is 10.5. The molecule has 0 amide bonds. The van der Waals surface area contributed by atoms with Gasteiger partial charge in [-0.3, -0.25) is 0 Å². The largest absolute Gasteiger partial charge is 0.494 e. The van der Waals surface area contributed by atoms with Gasteiger partial charge in [0.1, 0.15) is 5.75 Å². The van der Waals surface area contributed by atoms with Gasteiger partial charge in [0, 0.05) is 30.8 Å². The molecule has 1 aromatic heterocycles. The summed E-state index contributed by atoms with van der Waals surface area (Å²) in [5.74, 6) is -2.00. The number of carboxylic acid groups (broad SMARTS) is 2. The van der Waals surface area contributed by atoms with E-state index in [4.69, 9.17) is 40.9 Å². The number of halogens is 1. The minimum atomic E-state index is -1.82. The number of ether oxygens (including phenoxy) is 2. The van der Waals surface area contributed by atoms with Gasteiger partial charge in [0.15, 0.2) is 0 Å². The van der Waals surface area contributed by atoms with Crippen LogP contribution in [0.2, 0.25) is 5.02 Å². The van der Waals surface area contributed by atoms with Gasteiger partial charge in [0.25, 0.3) is 0 Å². The summed E-state index contributed by atoms with van der Waals surface area (Å²) < 4.78 is 12.9. The van der Waals surface area contributed by atoms with Crippen molar-refractivity contribution in [2.45, 2.75) is 20.0 Å². The average molecular weight is 476 g/mol. The molecular formula is C23H26ClN3O6. The summed E-state index contributed by atoms with van der Waals surface area (Å²) in [6, 6.07) is 15.8. The second-order valence-corrected chi connectivity index (χ2v) is 7.03. The summed E-state index contributed by atoms with van der Waals surface area (Å²) in [5, 5.41) is 18.9. The summed E-state index contributed by atoms with van der Waals surface area (Å²) in [7, 11) is 1.70. The molecule has 0 unspecified atom stereocenters. The van der Waals surface area contributed by atoms with Crippen LogP contribution in [0.25, 0.3) is 11.3 Å². The predicted octanol–water partition coefficient (Wildman–Crippen LogP) is 4.02. The number of methoxy groups -OCH3 is 1. The Morgan fingerprint density at radius 2 is 1.76 bits per heavy atom. The lowest BCUT2D eigenvalue weighted by molar-refractivity contribution is -0.159. The average Bonchev–Trinajstić information content (AvgIpc) is 3.21. The van der Waals surface area contributed by atoms with Crippen LogP contribution in [0.3, 0.4) is 0 Å². The molecule has 0 saturated carbocycles. The normalized spacial score (nSPS) is 10.2. The van der Waals surface area contributed by atoms with Crippen LogP contribution in [0.15, 0.2) is 54.7 Å². The van der Waals surface area contributed by atoms with Gasteiger partial charge < -0.3 is 29.6 Å². The van der Waals surface area contributed by atoms with E-state index in [2.05, 4.69) is 14.9 Å². The van der Waals surface area contributed by atoms with Crippen molar-refractivity contribution in [3.8, 4) is 17.0 Å². The van der Waals surface area contributed by atoms with Gasteiger partial charge in [0.2, 0.25) is 5.95 Å². The van der Waals surface area contributed by atoms with Gasteiger partial charge in [-0.25, -0.2) is 14.6 Å². The molecule has 0 radical (unpaired) electrons. The first-order chi connectivity index (χ1) is 15.9. The highest BCUT2D eigenvalue weighted by atomic mass is 35.5. The molecule has 0 spiro atoms. The number of imidazole rings is 1. The number of nitrogens with zero attached hydrogens (tertiary/aromatic N) is 2. The third-order valence-corrected chi connectivity index (χ3v) is 4.78. The molecule has 3 aromatic rings. The van der Waals surface area contributed by atoms with Gasteiger partial charge in [0.05, 0.1) is 25.1 Å². The Hall–Kier alpha value is -3.56. The van der Waals surface area contributed by atoms with Crippen LogP contribution in [0.4, 0.5) is 5.95 Å². The van der Waals surface area contributed by atoms with E-state index in [0.717, 1.165) is 33.5 Å². The van der Waals surface area contributed by atoms with Crippen LogP contribution in [0.1, 0.15) is 12.5 Å². The molecule has 0 aliphatic heterocycles. The van der Waals surface area contributed by atoms with Gasteiger partial charge >= 0.3 is 11.9 Å². The molecule has 1 heterocycles. The second kappa shape index (κ2) is 13.1. The van der Waals surface area contributed by atoms with Crippen LogP contribution in [0, 0.1) is 0 Å². The van der Waals surface area contributed by atoms with Gasteiger partial charge in [-0.2, -0.15) is 0 Å². The van der Waals surface area contributed by atoms with Crippen LogP contribution in [-0.2, 0) is 27.4 Å². The Kier molecular flexibility index (Phi) is 10.2. The highest BCUT2D eigenvalue weighted by Crippen LogP contribution is 2.26. The molecule has 0 atom stereocenters. The Morgan fingerprint density at radius 3 is 2.33 bits per heavy atom. The zero-order valence-corrected chi connectivity index (χ0v) is 19.1. The topological polar surface area (TPSA) is 123 Å². The summed E-state index contributed by atoms with van der Waals surface area (Å²) >= 11 is 6.26. The number of rotatable bonds is 9. The number of hydrogen-bond donors (Lipinski definition) is 3. The minimum Gasteiger partial charge on any atom is -0.494 e. The SMILES string of the molecule is CCOc1ccc(-c2cnc(NCc3ccccc3Cl)n2CCOC)cc1.O=C(O)C(=O)O. The first kappa shape index (κ1) is 25.7.